The molecule has 0 atom stereocenters. The number of hydrogen-bond acceptors (Lipinski definition) is 3. The quantitative estimate of drug-likeness (QED) is 0.300. The maximum absolute atomic E-state index is 10.2. The average molecular weight is 114 g/mol. The summed E-state index contributed by atoms with van der Waals surface area (Å²) in [5, 5.41) is 0. The van der Waals surface area contributed by atoms with Crippen LogP contribution in [0.5, 0.6) is 0 Å². The van der Waals surface area contributed by atoms with Gasteiger partial charge in [-0.05, 0) is 13.8 Å². The molecule has 3 nitrogen and oxygen atoms in total. The molecular formula is C5H10N2O. The summed E-state index contributed by atoms with van der Waals surface area (Å²) in [6.45, 7) is 3.20. The van der Waals surface area contributed by atoms with Crippen molar-refractivity contribution in [3.63, 3.8) is 0 Å². The zero-order valence-electron chi connectivity index (χ0n) is 5.06. The largest absolute Gasteiger partial charge is 0.328 e. The summed E-state index contributed by atoms with van der Waals surface area (Å²) in [7, 11) is 0. The molecule has 0 spiro atoms. The predicted octanol–water partition coefficient (Wildman–Crippen LogP) is -0.0575. The van der Waals surface area contributed by atoms with Gasteiger partial charge in [-0.3, -0.25) is 10.6 Å². The number of nitrogens with two attached hydrogens (primary N) is 1. The summed E-state index contributed by atoms with van der Waals surface area (Å²) in [4.78, 5) is 10.2. The number of carbonyl (C=O) groups excluding carboxylic acids is 1. The first kappa shape index (κ1) is 7.17. The Morgan fingerprint density at radius 1 is 1.62 bits per heavy atom. The van der Waals surface area contributed by atoms with Gasteiger partial charge in [-0.2, -0.15) is 0 Å². The molecule has 0 rings (SSSR count). The molecule has 0 aromatic carbocycles. The van der Waals surface area contributed by atoms with Gasteiger partial charge in [0.25, 0.3) is 0 Å². The molecular weight excluding hydrogens is 104 g/mol. The van der Waals surface area contributed by atoms with Crippen molar-refractivity contribution < 1.29 is 4.79 Å². The van der Waals surface area contributed by atoms with Gasteiger partial charge >= 0.3 is 0 Å². The minimum Gasteiger partial charge on any atom is -0.328 e. The number of allylic oxidation sites excluding steroid dienone is 2. The van der Waals surface area contributed by atoms with E-state index < -0.39 is 0 Å². The molecule has 0 radical (unpaired) electrons. The van der Waals surface area contributed by atoms with Gasteiger partial charge in [0.2, 0.25) is 0 Å². The Hall–Kier alpha value is -0.830. The fourth-order valence-corrected chi connectivity index (χ4v) is 0.347. The lowest BCUT2D eigenvalue weighted by Gasteiger charge is -1.93. The lowest BCUT2D eigenvalue weighted by molar-refractivity contribution is -0.112. The molecule has 0 unspecified atom stereocenters. The minimum atomic E-state index is 0.000417. The smallest absolute Gasteiger partial charge is 0.154 e. The number of hydrazine groups is 1. The molecule has 3 heteroatoms. The second-order valence-corrected chi connectivity index (χ2v) is 1.58. The number of ketones is 1. The number of carbonyl (C=O) groups is 1. The van der Waals surface area contributed by atoms with E-state index in [2.05, 4.69) is 5.43 Å². The van der Waals surface area contributed by atoms with E-state index in [0.29, 0.717) is 5.70 Å². The van der Waals surface area contributed by atoms with Crippen molar-refractivity contribution in [1.29, 1.82) is 0 Å². The molecule has 0 heterocycles. The molecule has 0 saturated carbocycles. The Labute approximate surface area is 48.5 Å². The van der Waals surface area contributed by atoms with Crippen LogP contribution in [0, 0.1) is 0 Å². The molecule has 0 aliphatic rings. The van der Waals surface area contributed by atoms with Crippen LogP contribution >= 0.6 is 0 Å². The highest BCUT2D eigenvalue weighted by molar-refractivity contribution is 5.87. The van der Waals surface area contributed by atoms with Crippen molar-refractivity contribution in [3.05, 3.63) is 11.8 Å². The zero-order chi connectivity index (χ0) is 6.57. The summed E-state index contributed by atoms with van der Waals surface area (Å²) >= 11 is 0. The lowest BCUT2D eigenvalue weighted by Crippen LogP contribution is -2.19. The first-order valence-electron chi connectivity index (χ1n) is 2.32. The van der Waals surface area contributed by atoms with Gasteiger partial charge in [-0.15, -0.1) is 0 Å². The molecule has 0 fully saturated rings. The second kappa shape index (κ2) is 3.21. The van der Waals surface area contributed by atoms with E-state index in [9.17, 15) is 4.79 Å². The van der Waals surface area contributed by atoms with Crippen LogP contribution in [0.3, 0.4) is 0 Å². The molecule has 0 saturated heterocycles. The molecule has 46 valence electrons. The molecule has 0 aromatic heterocycles. The topological polar surface area (TPSA) is 55.1 Å². The number of nitrogens with one attached hydrogen (secondary N) is 1. The van der Waals surface area contributed by atoms with Gasteiger partial charge in [0, 0.05) is 11.8 Å². The SMILES string of the molecule is CC(=O)C=C(C)NN. The van der Waals surface area contributed by atoms with E-state index >= 15 is 0 Å². The van der Waals surface area contributed by atoms with Crippen molar-refractivity contribution in [2.45, 2.75) is 13.8 Å². The molecule has 0 aromatic rings. The Morgan fingerprint density at radius 3 is 2.25 bits per heavy atom. The third kappa shape index (κ3) is 3.36. The first-order chi connectivity index (χ1) is 3.66. The van der Waals surface area contributed by atoms with Crippen LogP contribution in [-0.4, -0.2) is 5.78 Å². The van der Waals surface area contributed by atoms with Crippen LogP contribution < -0.4 is 11.3 Å². The van der Waals surface area contributed by atoms with Gasteiger partial charge in [0.05, 0.1) is 0 Å². The molecule has 0 aliphatic heterocycles. The van der Waals surface area contributed by atoms with E-state index in [0.717, 1.165) is 0 Å². The Balaban J connectivity index is 3.75. The first-order valence-corrected chi connectivity index (χ1v) is 2.32. The van der Waals surface area contributed by atoms with Crippen LogP contribution in [0.2, 0.25) is 0 Å². The highest BCUT2D eigenvalue weighted by atomic mass is 16.1. The van der Waals surface area contributed by atoms with Crippen LogP contribution in [0.15, 0.2) is 11.8 Å². The minimum absolute atomic E-state index is 0.000417. The van der Waals surface area contributed by atoms with Crippen LogP contribution in [-0.2, 0) is 4.79 Å². The average Bonchev–Trinajstić information content (AvgIpc) is 1.65. The Kier molecular flexibility index (Phi) is 2.88. The zero-order valence-corrected chi connectivity index (χ0v) is 5.06. The standard InChI is InChI=1S/C5H10N2O/c1-4(7-6)3-5(2)8/h3,7H,6H2,1-2H3. The van der Waals surface area contributed by atoms with Crippen LogP contribution in [0.1, 0.15) is 13.8 Å². The van der Waals surface area contributed by atoms with Crippen molar-refractivity contribution in [3.8, 4) is 0 Å². The highest BCUT2D eigenvalue weighted by Gasteiger charge is 1.84. The molecule has 8 heavy (non-hydrogen) atoms. The summed E-state index contributed by atoms with van der Waals surface area (Å²) in [6, 6.07) is 0. The molecule has 3 N–H and O–H groups in total. The van der Waals surface area contributed by atoms with E-state index in [1.165, 1.54) is 13.0 Å². The third-order valence-corrected chi connectivity index (χ3v) is 0.647. The summed E-state index contributed by atoms with van der Waals surface area (Å²) in [6.07, 6.45) is 1.43. The van der Waals surface area contributed by atoms with Gasteiger partial charge in [0.1, 0.15) is 0 Å². The Morgan fingerprint density at radius 2 is 2.12 bits per heavy atom. The fraction of sp³-hybridized carbons (Fsp3) is 0.400. The van der Waals surface area contributed by atoms with Crippen molar-refractivity contribution >= 4 is 5.78 Å². The molecule has 0 aliphatic carbocycles. The molecule has 0 amide bonds. The van der Waals surface area contributed by atoms with Crippen LogP contribution in [0.4, 0.5) is 0 Å². The summed E-state index contributed by atoms with van der Waals surface area (Å²) in [5.74, 6) is 4.95. The normalized spacial score (nSPS) is 11.1. The maximum atomic E-state index is 10.2. The Bertz CT molecular complexity index is 118. The van der Waals surface area contributed by atoms with E-state index in [1.807, 2.05) is 0 Å². The van der Waals surface area contributed by atoms with Gasteiger partial charge in [-0.1, -0.05) is 0 Å². The van der Waals surface area contributed by atoms with Crippen molar-refractivity contribution in [2.24, 2.45) is 5.84 Å². The van der Waals surface area contributed by atoms with E-state index in [1.54, 1.807) is 6.92 Å². The number of hydrogen-bond donors (Lipinski definition) is 2. The second-order valence-electron chi connectivity index (χ2n) is 1.58. The highest BCUT2D eigenvalue weighted by Crippen LogP contribution is 1.81. The van der Waals surface area contributed by atoms with Crippen LogP contribution in [0.25, 0.3) is 0 Å². The fourth-order valence-electron chi connectivity index (χ4n) is 0.347. The summed E-state index contributed by atoms with van der Waals surface area (Å²) < 4.78 is 0. The lowest BCUT2D eigenvalue weighted by atomic mass is 10.3. The predicted molar refractivity (Wildman–Crippen MR) is 31.8 cm³/mol. The van der Waals surface area contributed by atoms with Gasteiger partial charge < -0.3 is 5.43 Å². The maximum Gasteiger partial charge on any atom is 0.154 e. The van der Waals surface area contributed by atoms with Crippen molar-refractivity contribution in [2.75, 3.05) is 0 Å². The molecule has 0 bridgehead atoms. The monoisotopic (exact) mass is 114 g/mol. The number of rotatable bonds is 2. The van der Waals surface area contributed by atoms with Gasteiger partial charge in [0.15, 0.2) is 5.78 Å². The van der Waals surface area contributed by atoms with Gasteiger partial charge in [-0.25, -0.2) is 0 Å². The van der Waals surface area contributed by atoms with Crippen molar-refractivity contribution in [1.82, 2.24) is 5.43 Å². The van der Waals surface area contributed by atoms with E-state index in [4.69, 9.17) is 5.84 Å². The summed E-state index contributed by atoms with van der Waals surface area (Å²) in [5.41, 5.74) is 3.01. The van der Waals surface area contributed by atoms with E-state index in [-0.39, 0.29) is 5.78 Å². The third-order valence-electron chi connectivity index (χ3n) is 0.647.